The number of halogens is 2. The first-order valence-electron chi connectivity index (χ1n) is 10.1. The summed E-state index contributed by atoms with van der Waals surface area (Å²) in [6, 6.07) is 5.65. The summed E-state index contributed by atoms with van der Waals surface area (Å²) in [6.07, 6.45) is -1.11. The summed E-state index contributed by atoms with van der Waals surface area (Å²) in [7, 11) is 1.54. The van der Waals surface area contributed by atoms with Gasteiger partial charge in [-0.2, -0.15) is 0 Å². The molecule has 3 aromatic rings. The van der Waals surface area contributed by atoms with Gasteiger partial charge in [-0.3, -0.25) is 5.32 Å². The van der Waals surface area contributed by atoms with Crippen LogP contribution in [0.5, 0.6) is 0 Å². The summed E-state index contributed by atoms with van der Waals surface area (Å²) < 4.78 is 38.0. The number of ether oxygens (including phenoxy) is 1. The van der Waals surface area contributed by atoms with Crippen LogP contribution in [0.1, 0.15) is 35.0 Å². The Morgan fingerprint density at radius 1 is 1.34 bits per heavy atom. The zero-order valence-electron chi connectivity index (χ0n) is 17.0. The predicted octanol–water partition coefficient (Wildman–Crippen LogP) is 3.77. The summed E-state index contributed by atoms with van der Waals surface area (Å²) in [6.45, 7) is 0.969. The van der Waals surface area contributed by atoms with Crippen LogP contribution >= 0.6 is 11.3 Å². The number of aryl methyl sites for hydroxylation is 1. The van der Waals surface area contributed by atoms with Gasteiger partial charge in [-0.25, -0.2) is 18.6 Å². The average molecular weight is 462 g/mol. The SMILES string of the molecule is CNC(=O)Nc1nc2c(s1)C1COC(CC2)CN1c1nnc(-c2cccc(C(F)F)c2)o1. The molecule has 3 aliphatic heterocycles. The second-order valence-electron chi connectivity index (χ2n) is 7.51. The summed E-state index contributed by atoms with van der Waals surface area (Å²) in [5.74, 6) is 0.174. The normalized spacial score (nSPS) is 20.1. The number of amides is 2. The molecule has 1 aromatic carbocycles. The van der Waals surface area contributed by atoms with Gasteiger partial charge in [-0.1, -0.05) is 28.6 Å². The van der Waals surface area contributed by atoms with E-state index in [9.17, 15) is 13.6 Å². The molecule has 0 radical (unpaired) electrons. The van der Waals surface area contributed by atoms with E-state index in [4.69, 9.17) is 9.15 Å². The molecule has 0 saturated carbocycles. The zero-order chi connectivity index (χ0) is 22.2. The smallest absolute Gasteiger partial charge is 0.320 e. The molecule has 2 amide bonds. The van der Waals surface area contributed by atoms with Crippen LogP contribution in [0, 0.1) is 0 Å². The molecule has 1 saturated heterocycles. The van der Waals surface area contributed by atoms with Crippen molar-refractivity contribution in [2.75, 3.05) is 30.4 Å². The topological polar surface area (TPSA) is 105 Å². The minimum absolute atomic E-state index is 0.0334. The van der Waals surface area contributed by atoms with Gasteiger partial charge in [0.05, 0.1) is 29.3 Å². The number of urea groups is 1. The number of rotatable bonds is 4. The average Bonchev–Trinajstić information content (AvgIpc) is 3.43. The molecule has 2 bridgehead atoms. The quantitative estimate of drug-likeness (QED) is 0.608. The minimum Gasteiger partial charge on any atom is -0.403 e. The molecule has 12 heteroatoms. The van der Waals surface area contributed by atoms with E-state index in [2.05, 4.69) is 25.8 Å². The van der Waals surface area contributed by atoms with Gasteiger partial charge < -0.3 is 19.4 Å². The van der Waals surface area contributed by atoms with Gasteiger partial charge >= 0.3 is 12.0 Å². The molecule has 5 heterocycles. The van der Waals surface area contributed by atoms with Gasteiger partial charge in [0.1, 0.15) is 0 Å². The third-order valence-electron chi connectivity index (χ3n) is 5.49. The van der Waals surface area contributed by atoms with Crippen LogP contribution in [0.3, 0.4) is 0 Å². The van der Waals surface area contributed by atoms with Crippen LogP contribution in [0.4, 0.5) is 24.7 Å². The zero-order valence-corrected chi connectivity index (χ0v) is 17.9. The lowest BCUT2D eigenvalue weighted by molar-refractivity contribution is 0.00903. The first-order chi connectivity index (χ1) is 15.5. The van der Waals surface area contributed by atoms with Gasteiger partial charge in [0.15, 0.2) is 5.13 Å². The van der Waals surface area contributed by atoms with E-state index in [1.54, 1.807) is 13.1 Å². The number of carbonyl (C=O) groups excluding carboxylic acids is 1. The lowest BCUT2D eigenvalue weighted by Gasteiger charge is -2.40. The first-order valence-corrected chi connectivity index (χ1v) is 10.9. The number of benzene rings is 1. The Bertz CT molecular complexity index is 1140. The number of nitrogens with zero attached hydrogens (tertiary/aromatic N) is 4. The van der Waals surface area contributed by atoms with Gasteiger partial charge in [-0.15, -0.1) is 5.10 Å². The molecule has 0 aliphatic carbocycles. The third kappa shape index (κ3) is 3.91. The Kier molecular flexibility index (Phi) is 5.47. The number of morpholine rings is 1. The fourth-order valence-electron chi connectivity index (χ4n) is 3.89. The Morgan fingerprint density at radius 2 is 2.22 bits per heavy atom. The second-order valence-corrected chi connectivity index (χ2v) is 8.54. The molecule has 6 rings (SSSR count). The maximum absolute atomic E-state index is 13.1. The number of anilines is 2. The van der Waals surface area contributed by atoms with Crippen LogP contribution in [-0.2, 0) is 11.2 Å². The highest BCUT2D eigenvalue weighted by Crippen LogP contribution is 2.41. The predicted molar refractivity (Wildman–Crippen MR) is 113 cm³/mol. The van der Waals surface area contributed by atoms with E-state index >= 15 is 0 Å². The molecule has 0 spiro atoms. The summed E-state index contributed by atoms with van der Waals surface area (Å²) in [5.41, 5.74) is 1.24. The maximum Gasteiger partial charge on any atom is 0.320 e. The van der Waals surface area contributed by atoms with Crippen LogP contribution in [0.15, 0.2) is 28.7 Å². The maximum atomic E-state index is 13.1. The van der Waals surface area contributed by atoms with Crippen LogP contribution in [0.2, 0.25) is 0 Å². The Hall–Kier alpha value is -3.12. The fraction of sp³-hybridized carbons (Fsp3) is 0.400. The van der Waals surface area contributed by atoms with E-state index in [0.29, 0.717) is 29.9 Å². The number of alkyl halides is 2. The first kappa shape index (κ1) is 20.8. The molecule has 9 nitrogen and oxygen atoms in total. The van der Waals surface area contributed by atoms with E-state index in [-0.39, 0.29) is 29.6 Å². The molecular formula is C20H20F2N6O3S. The molecule has 168 valence electrons. The van der Waals surface area contributed by atoms with E-state index in [1.165, 1.54) is 29.5 Å². The fourth-order valence-corrected chi connectivity index (χ4v) is 4.99. The monoisotopic (exact) mass is 462 g/mol. The molecule has 1 fully saturated rings. The summed E-state index contributed by atoms with van der Waals surface area (Å²) >= 11 is 1.39. The Balaban J connectivity index is 1.46. The van der Waals surface area contributed by atoms with Gasteiger partial charge in [0, 0.05) is 24.7 Å². The molecule has 2 atom stereocenters. The van der Waals surface area contributed by atoms with Crippen LogP contribution < -0.4 is 15.5 Å². The van der Waals surface area contributed by atoms with E-state index in [0.717, 1.165) is 23.4 Å². The van der Waals surface area contributed by atoms with Crippen molar-refractivity contribution in [1.82, 2.24) is 20.5 Å². The van der Waals surface area contributed by atoms with Crippen molar-refractivity contribution in [1.29, 1.82) is 0 Å². The number of nitrogens with one attached hydrogen (secondary N) is 2. The largest absolute Gasteiger partial charge is 0.403 e. The van der Waals surface area contributed by atoms with Crippen molar-refractivity contribution in [3.63, 3.8) is 0 Å². The molecule has 2 aromatic heterocycles. The number of aromatic nitrogens is 3. The van der Waals surface area contributed by atoms with Crippen molar-refractivity contribution in [3.8, 4) is 11.5 Å². The lowest BCUT2D eigenvalue weighted by Crippen LogP contribution is -2.46. The molecule has 2 N–H and O–H groups in total. The number of carbonyl (C=O) groups is 1. The van der Waals surface area contributed by atoms with E-state index in [1.807, 2.05) is 4.90 Å². The standard InChI is InChI=1S/C20H20F2N6O3S/c1-23-18(29)25-19-24-13-6-5-12-8-28(14(9-30-12)15(13)32-19)20-27-26-17(31-20)11-4-2-3-10(7-11)16(21)22/h2-4,7,12,14,16H,5-6,8-9H2,1H3,(H2,23,24,25,29). The highest BCUT2D eigenvalue weighted by atomic mass is 32.1. The van der Waals surface area contributed by atoms with Crippen molar-refractivity contribution in [3.05, 3.63) is 40.4 Å². The number of fused-ring (bicyclic) bond motifs is 3. The van der Waals surface area contributed by atoms with Crippen molar-refractivity contribution in [2.24, 2.45) is 0 Å². The van der Waals surface area contributed by atoms with Crippen LogP contribution in [-0.4, -0.2) is 47.5 Å². The third-order valence-corrected chi connectivity index (χ3v) is 6.61. The Labute approximate surface area is 185 Å². The number of hydrogen-bond donors (Lipinski definition) is 2. The number of thiazole rings is 1. The van der Waals surface area contributed by atoms with Crippen molar-refractivity contribution < 1.29 is 22.7 Å². The highest BCUT2D eigenvalue weighted by Gasteiger charge is 2.38. The lowest BCUT2D eigenvalue weighted by atomic mass is 10.0. The molecule has 3 aliphatic rings. The van der Waals surface area contributed by atoms with Gasteiger partial charge in [-0.05, 0) is 25.0 Å². The van der Waals surface area contributed by atoms with Gasteiger partial charge in [0.2, 0.25) is 5.89 Å². The van der Waals surface area contributed by atoms with E-state index < -0.39 is 6.43 Å². The van der Waals surface area contributed by atoms with Crippen LogP contribution in [0.25, 0.3) is 11.5 Å². The van der Waals surface area contributed by atoms with Crippen molar-refractivity contribution in [2.45, 2.75) is 31.4 Å². The second kappa shape index (κ2) is 8.43. The summed E-state index contributed by atoms with van der Waals surface area (Å²) in [5, 5.41) is 14.0. The molecule has 2 unspecified atom stereocenters. The van der Waals surface area contributed by atoms with Gasteiger partial charge in [0.25, 0.3) is 6.43 Å². The Morgan fingerprint density at radius 3 is 3.03 bits per heavy atom. The number of hydrogen-bond acceptors (Lipinski definition) is 8. The highest BCUT2D eigenvalue weighted by molar-refractivity contribution is 7.16. The van der Waals surface area contributed by atoms with Crippen molar-refractivity contribution >= 4 is 28.5 Å². The molecular weight excluding hydrogens is 442 g/mol. The minimum atomic E-state index is -2.58. The summed E-state index contributed by atoms with van der Waals surface area (Å²) in [4.78, 5) is 19.2. The molecule has 32 heavy (non-hydrogen) atoms.